The van der Waals surface area contributed by atoms with E-state index >= 15 is 0 Å². The van der Waals surface area contributed by atoms with Crippen LogP contribution < -0.4 is 14.4 Å². The topological polar surface area (TPSA) is 89.0 Å². The van der Waals surface area contributed by atoms with Crippen LogP contribution in [-0.2, 0) is 9.59 Å². The summed E-state index contributed by atoms with van der Waals surface area (Å²) in [6, 6.07) is 13.2. The van der Waals surface area contributed by atoms with Crippen LogP contribution in [0.2, 0.25) is 0 Å². The summed E-state index contributed by atoms with van der Waals surface area (Å²) in [5, 5.41) is 11.2. The number of hydrogen-bond donors (Lipinski definition) is 1. The van der Waals surface area contributed by atoms with Gasteiger partial charge in [0.25, 0.3) is 11.7 Å². The van der Waals surface area contributed by atoms with E-state index in [0.29, 0.717) is 34.9 Å². The van der Waals surface area contributed by atoms with Crippen LogP contribution in [0.3, 0.4) is 0 Å². The van der Waals surface area contributed by atoms with E-state index < -0.39 is 17.7 Å². The molecule has 4 rings (SSSR count). The highest BCUT2D eigenvalue weighted by molar-refractivity contribution is 6.51. The van der Waals surface area contributed by atoms with Gasteiger partial charge >= 0.3 is 0 Å². The van der Waals surface area contributed by atoms with E-state index in [9.17, 15) is 14.7 Å². The van der Waals surface area contributed by atoms with Crippen LogP contribution in [-0.4, -0.2) is 35.5 Å². The molecule has 34 heavy (non-hydrogen) atoms. The average Bonchev–Trinajstić information content (AvgIpc) is 3.11. The fourth-order valence-corrected chi connectivity index (χ4v) is 4.19. The van der Waals surface area contributed by atoms with Crippen molar-refractivity contribution in [2.75, 3.05) is 18.6 Å². The van der Waals surface area contributed by atoms with Gasteiger partial charge in [-0.3, -0.25) is 19.5 Å². The molecular formula is C27H26N2O5. The lowest BCUT2D eigenvalue weighted by molar-refractivity contribution is -0.132. The molecule has 7 heteroatoms. The molecule has 1 fully saturated rings. The number of rotatable bonds is 6. The summed E-state index contributed by atoms with van der Waals surface area (Å²) in [5.41, 5.74) is 3.48. The molecule has 1 amide bonds. The third kappa shape index (κ3) is 3.90. The lowest BCUT2D eigenvalue weighted by Crippen LogP contribution is -2.30. The molecule has 1 atom stereocenters. The third-order valence-electron chi connectivity index (χ3n) is 6.04. The Bertz CT molecular complexity index is 1280. The zero-order valence-corrected chi connectivity index (χ0v) is 19.5. The molecule has 0 bridgehead atoms. The minimum absolute atomic E-state index is 0.00437. The summed E-state index contributed by atoms with van der Waals surface area (Å²) >= 11 is 0. The maximum atomic E-state index is 13.4. The zero-order chi connectivity index (χ0) is 24.4. The summed E-state index contributed by atoms with van der Waals surface area (Å²) in [6.07, 6.45) is 3.04. The van der Waals surface area contributed by atoms with Crippen molar-refractivity contribution in [3.05, 3.63) is 88.8 Å². The van der Waals surface area contributed by atoms with Gasteiger partial charge in [0.05, 0.1) is 25.3 Å². The van der Waals surface area contributed by atoms with E-state index in [1.165, 1.54) is 17.3 Å². The average molecular weight is 459 g/mol. The number of pyridine rings is 1. The van der Waals surface area contributed by atoms with Crippen LogP contribution >= 0.6 is 0 Å². The molecule has 2 aromatic carbocycles. The van der Waals surface area contributed by atoms with Gasteiger partial charge in [0.15, 0.2) is 11.5 Å². The van der Waals surface area contributed by atoms with E-state index in [0.717, 1.165) is 11.1 Å². The summed E-state index contributed by atoms with van der Waals surface area (Å²) in [7, 11) is 1.54. The van der Waals surface area contributed by atoms with Gasteiger partial charge < -0.3 is 14.6 Å². The first-order valence-electron chi connectivity index (χ1n) is 11.0. The number of amides is 1. The molecule has 0 spiro atoms. The van der Waals surface area contributed by atoms with Gasteiger partial charge in [0, 0.05) is 23.6 Å². The van der Waals surface area contributed by atoms with Crippen molar-refractivity contribution in [2.24, 2.45) is 0 Å². The van der Waals surface area contributed by atoms with Crippen LogP contribution in [0.5, 0.6) is 11.5 Å². The molecule has 0 aliphatic carbocycles. The van der Waals surface area contributed by atoms with E-state index in [1.54, 1.807) is 43.5 Å². The monoisotopic (exact) mass is 458 g/mol. The molecule has 0 saturated carbocycles. The van der Waals surface area contributed by atoms with Crippen molar-refractivity contribution in [3.8, 4) is 11.5 Å². The minimum Gasteiger partial charge on any atom is -0.507 e. The third-order valence-corrected chi connectivity index (χ3v) is 6.04. The number of hydrogen-bond acceptors (Lipinski definition) is 6. The summed E-state index contributed by atoms with van der Waals surface area (Å²) in [4.78, 5) is 32.2. The SMILES string of the molecule is CCOc1cc(C2/C(=C(\O)c3ccncc3)C(=O)C(=O)N2c2cccc(C)c2C)ccc1OC. The molecule has 1 aliphatic rings. The number of aliphatic hydroxyl groups excluding tert-OH is 1. The van der Waals surface area contributed by atoms with E-state index in [2.05, 4.69) is 4.98 Å². The van der Waals surface area contributed by atoms with Crippen LogP contribution in [0, 0.1) is 13.8 Å². The van der Waals surface area contributed by atoms with Crippen LogP contribution in [0.1, 0.15) is 35.2 Å². The largest absolute Gasteiger partial charge is 0.507 e. The predicted molar refractivity (Wildman–Crippen MR) is 129 cm³/mol. The molecule has 174 valence electrons. The quantitative estimate of drug-likeness (QED) is 0.326. The predicted octanol–water partition coefficient (Wildman–Crippen LogP) is 4.73. The first kappa shape index (κ1) is 23.0. The van der Waals surface area contributed by atoms with Gasteiger partial charge in [-0.2, -0.15) is 0 Å². The van der Waals surface area contributed by atoms with Crippen molar-refractivity contribution in [1.82, 2.24) is 4.98 Å². The molecule has 3 aromatic rings. The lowest BCUT2D eigenvalue weighted by Gasteiger charge is -2.28. The molecule has 1 aromatic heterocycles. The van der Waals surface area contributed by atoms with Gasteiger partial charge in [0.1, 0.15) is 5.76 Å². The lowest BCUT2D eigenvalue weighted by atomic mass is 9.94. The van der Waals surface area contributed by atoms with Crippen molar-refractivity contribution < 1.29 is 24.2 Å². The van der Waals surface area contributed by atoms with Crippen LogP contribution in [0.25, 0.3) is 5.76 Å². The Labute approximate surface area is 198 Å². The zero-order valence-electron chi connectivity index (χ0n) is 19.5. The Morgan fingerprint density at radius 1 is 1.06 bits per heavy atom. The number of ketones is 1. The number of methoxy groups -OCH3 is 1. The molecular weight excluding hydrogens is 432 g/mol. The van der Waals surface area contributed by atoms with Gasteiger partial charge in [0.2, 0.25) is 0 Å². The minimum atomic E-state index is -0.862. The Hall–Kier alpha value is -4.13. The second kappa shape index (κ2) is 9.39. The standard InChI is InChI=1S/C27H26N2O5/c1-5-34-22-15-19(9-10-21(22)33-4)24-23(25(30)18-11-13-28-14-12-18)26(31)27(32)29(24)20-8-6-7-16(2)17(20)3/h6-15,24,30H,5H2,1-4H3/b25-23+. The maximum absolute atomic E-state index is 13.4. The first-order chi connectivity index (χ1) is 16.4. The molecule has 1 saturated heterocycles. The number of carbonyl (C=O) groups is 2. The number of aliphatic hydroxyl groups is 1. The maximum Gasteiger partial charge on any atom is 0.300 e. The number of aryl methyl sites for hydroxylation is 1. The molecule has 7 nitrogen and oxygen atoms in total. The summed E-state index contributed by atoms with van der Waals surface area (Å²) in [6.45, 7) is 6.12. The fraction of sp³-hybridized carbons (Fsp3) is 0.222. The van der Waals surface area contributed by atoms with Gasteiger partial charge in [-0.25, -0.2) is 0 Å². The van der Waals surface area contributed by atoms with Crippen LogP contribution in [0.4, 0.5) is 5.69 Å². The normalized spacial score (nSPS) is 17.2. The number of carbonyl (C=O) groups excluding carboxylic acids is 2. The van der Waals surface area contributed by atoms with Crippen molar-refractivity contribution in [3.63, 3.8) is 0 Å². The van der Waals surface area contributed by atoms with E-state index in [1.807, 2.05) is 32.9 Å². The first-order valence-corrected chi connectivity index (χ1v) is 11.0. The smallest absolute Gasteiger partial charge is 0.300 e. The van der Waals surface area contributed by atoms with Gasteiger partial charge in [-0.05, 0) is 67.8 Å². The highest BCUT2D eigenvalue weighted by Gasteiger charge is 2.47. The molecule has 1 N–H and O–H groups in total. The molecule has 0 radical (unpaired) electrons. The van der Waals surface area contributed by atoms with Crippen LogP contribution in [0.15, 0.2) is 66.5 Å². The highest BCUT2D eigenvalue weighted by Crippen LogP contribution is 2.45. The van der Waals surface area contributed by atoms with E-state index in [-0.39, 0.29) is 11.3 Å². The fourth-order valence-electron chi connectivity index (χ4n) is 4.19. The number of aromatic nitrogens is 1. The molecule has 2 heterocycles. The second-order valence-electron chi connectivity index (χ2n) is 7.97. The van der Waals surface area contributed by atoms with Gasteiger partial charge in [-0.1, -0.05) is 18.2 Å². The van der Waals surface area contributed by atoms with Crippen molar-refractivity contribution in [2.45, 2.75) is 26.8 Å². The second-order valence-corrected chi connectivity index (χ2v) is 7.97. The number of ether oxygens (including phenoxy) is 2. The molecule has 1 unspecified atom stereocenters. The summed E-state index contributed by atoms with van der Waals surface area (Å²) in [5.74, 6) is -0.703. The van der Waals surface area contributed by atoms with Crippen molar-refractivity contribution in [1.29, 1.82) is 0 Å². The number of nitrogens with zero attached hydrogens (tertiary/aromatic N) is 2. The number of anilines is 1. The summed E-state index contributed by atoms with van der Waals surface area (Å²) < 4.78 is 11.2. The van der Waals surface area contributed by atoms with E-state index in [4.69, 9.17) is 9.47 Å². The number of benzene rings is 2. The Morgan fingerprint density at radius 3 is 2.47 bits per heavy atom. The number of Topliss-reactive ketones (excluding diaryl/α,β-unsaturated/α-hetero) is 1. The molecule has 1 aliphatic heterocycles. The Kier molecular flexibility index (Phi) is 6.36. The highest BCUT2D eigenvalue weighted by atomic mass is 16.5. The Balaban J connectivity index is 1.99. The Morgan fingerprint density at radius 2 is 1.79 bits per heavy atom. The van der Waals surface area contributed by atoms with Gasteiger partial charge in [-0.15, -0.1) is 0 Å². The van der Waals surface area contributed by atoms with Crippen molar-refractivity contribution >= 4 is 23.1 Å².